The highest BCUT2D eigenvalue weighted by Gasteiger charge is 2.29. The molecule has 0 aliphatic carbocycles. The minimum Gasteiger partial charge on any atom is -0.348 e. The lowest BCUT2D eigenvalue weighted by atomic mass is 10.2. The van der Waals surface area contributed by atoms with E-state index in [1.54, 1.807) is 0 Å². The summed E-state index contributed by atoms with van der Waals surface area (Å²) in [4.78, 5) is 25.6. The standard InChI is InChI=1S/C11H14N2O4S/c1-7(14)9-2-3-10(13-9)11(15)12-8-4-5-18(16,17)6-8/h2-3,8,13H,4-6H2,1H3,(H,12,15). The zero-order valence-electron chi connectivity index (χ0n) is 9.89. The number of carbonyl (C=O) groups excluding carboxylic acids is 2. The number of aromatic nitrogens is 1. The topological polar surface area (TPSA) is 96.1 Å². The molecule has 1 aromatic heterocycles. The van der Waals surface area contributed by atoms with Gasteiger partial charge in [0.2, 0.25) is 0 Å². The molecule has 6 nitrogen and oxygen atoms in total. The minimum absolute atomic E-state index is 0.0149. The van der Waals surface area contributed by atoms with Gasteiger partial charge in [0.25, 0.3) is 5.91 Å². The number of hydrogen-bond donors (Lipinski definition) is 2. The fourth-order valence-electron chi connectivity index (χ4n) is 1.90. The van der Waals surface area contributed by atoms with Gasteiger partial charge in [0.05, 0.1) is 17.2 Å². The van der Waals surface area contributed by atoms with E-state index in [0.717, 1.165) is 0 Å². The first-order valence-electron chi connectivity index (χ1n) is 5.58. The molecule has 0 radical (unpaired) electrons. The van der Waals surface area contributed by atoms with E-state index in [2.05, 4.69) is 10.3 Å². The van der Waals surface area contributed by atoms with Gasteiger partial charge in [-0.3, -0.25) is 9.59 Å². The molecule has 7 heteroatoms. The fraction of sp³-hybridized carbons (Fsp3) is 0.455. The monoisotopic (exact) mass is 270 g/mol. The summed E-state index contributed by atoms with van der Waals surface area (Å²) in [5.74, 6) is -0.442. The van der Waals surface area contributed by atoms with Crippen LogP contribution >= 0.6 is 0 Å². The molecule has 1 aromatic rings. The molecule has 0 saturated carbocycles. The summed E-state index contributed by atoms with van der Waals surface area (Å²) in [6.45, 7) is 1.40. The lowest BCUT2D eigenvalue weighted by Gasteiger charge is -2.09. The predicted octanol–water partition coefficient (Wildman–Crippen LogP) is 0.134. The van der Waals surface area contributed by atoms with E-state index in [1.165, 1.54) is 19.1 Å². The number of Topliss-reactive ketones (excluding diaryl/α,β-unsaturated/α-hetero) is 1. The summed E-state index contributed by atoms with van der Waals surface area (Å²) in [5.41, 5.74) is 0.628. The lowest BCUT2D eigenvalue weighted by molar-refractivity contribution is 0.0936. The van der Waals surface area contributed by atoms with Crippen molar-refractivity contribution < 1.29 is 18.0 Å². The molecule has 1 aliphatic rings. The average molecular weight is 270 g/mol. The predicted molar refractivity (Wildman–Crippen MR) is 65.3 cm³/mol. The molecule has 1 saturated heterocycles. The number of nitrogens with one attached hydrogen (secondary N) is 2. The molecule has 0 aromatic carbocycles. The van der Waals surface area contributed by atoms with E-state index in [-0.39, 0.29) is 34.9 Å². The molecular weight excluding hydrogens is 256 g/mol. The molecule has 1 amide bonds. The summed E-state index contributed by atoms with van der Waals surface area (Å²) in [5, 5.41) is 2.64. The Hall–Kier alpha value is -1.63. The number of rotatable bonds is 3. The largest absolute Gasteiger partial charge is 0.348 e. The van der Waals surface area contributed by atoms with Gasteiger partial charge in [-0.2, -0.15) is 0 Å². The van der Waals surface area contributed by atoms with E-state index in [1.807, 2.05) is 0 Å². The first-order valence-corrected chi connectivity index (χ1v) is 7.41. The van der Waals surface area contributed by atoms with Gasteiger partial charge in [-0.1, -0.05) is 0 Å². The van der Waals surface area contributed by atoms with Crippen molar-refractivity contribution in [3.05, 3.63) is 23.5 Å². The van der Waals surface area contributed by atoms with Crippen molar-refractivity contribution >= 4 is 21.5 Å². The third kappa shape index (κ3) is 2.79. The summed E-state index contributed by atoms with van der Waals surface area (Å²) >= 11 is 0. The SMILES string of the molecule is CC(=O)c1ccc(C(=O)NC2CCS(=O)(=O)C2)[nH]1. The number of ketones is 1. The summed E-state index contributed by atoms with van der Waals surface area (Å²) < 4.78 is 22.5. The number of aromatic amines is 1. The van der Waals surface area contributed by atoms with Crippen LogP contribution in [-0.4, -0.2) is 42.6 Å². The molecule has 1 unspecified atom stereocenters. The van der Waals surface area contributed by atoms with Crippen molar-refractivity contribution in [3.8, 4) is 0 Å². The van der Waals surface area contributed by atoms with Crippen molar-refractivity contribution in [2.45, 2.75) is 19.4 Å². The van der Waals surface area contributed by atoms with Crippen LogP contribution in [0.2, 0.25) is 0 Å². The first kappa shape index (κ1) is 12.8. The van der Waals surface area contributed by atoms with E-state index in [9.17, 15) is 18.0 Å². The second kappa shape index (κ2) is 4.56. The van der Waals surface area contributed by atoms with Gasteiger partial charge >= 0.3 is 0 Å². The van der Waals surface area contributed by atoms with Gasteiger partial charge in [-0.05, 0) is 18.6 Å². The van der Waals surface area contributed by atoms with Crippen LogP contribution in [0.1, 0.15) is 34.3 Å². The fourth-order valence-corrected chi connectivity index (χ4v) is 3.58. The van der Waals surface area contributed by atoms with E-state index < -0.39 is 9.84 Å². The second-order valence-corrected chi connectivity index (χ2v) is 6.64. The van der Waals surface area contributed by atoms with Crippen LogP contribution in [0, 0.1) is 0 Å². The van der Waals surface area contributed by atoms with Gasteiger partial charge < -0.3 is 10.3 Å². The maximum atomic E-state index is 11.8. The number of H-pyrrole nitrogens is 1. The quantitative estimate of drug-likeness (QED) is 0.763. The Morgan fingerprint density at radius 1 is 1.33 bits per heavy atom. The van der Waals surface area contributed by atoms with Crippen molar-refractivity contribution in [2.75, 3.05) is 11.5 Å². The first-order chi connectivity index (χ1) is 8.37. The smallest absolute Gasteiger partial charge is 0.267 e. The Balaban J connectivity index is 2.02. The van der Waals surface area contributed by atoms with Gasteiger partial charge in [-0.15, -0.1) is 0 Å². The Morgan fingerprint density at radius 2 is 2.00 bits per heavy atom. The van der Waals surface area contributed by atoms with Crippen LogP contribution in [-0.2, 0) is 9.84 Å². The highest BCUT2D eigenvalue weighted by Crippen LogP contribution is 2.12. The normalized spacial score (nSPS) is 21.7. The molecule has 18 heavy (non-hydrogen) atoms. The number of carbonyl (C=O) groups is 2. The lowest BCUT2D eigenvalue weighted by Crippen LogP contribution is -2.35. The molecule has 1 atom stereocenters. The molecule has 2 heterocycles. The van der Waals surface area contributed by atoms with Crippen molar-refractivity contribution in [3.63, 3.8) is 0 Å². The Bertz CT molecular complexity index is 588. The van der Waals surface area contributed by atoms with Gasteiger partial charge in [0.15, 0.2) is 15.6 Å². The third-order valence-corrected chi connectivity index (χ3v) is 4.65. The molecule has 0 spiro atoms. The van der Waals surface area contributed by atoms with E-state index >= 15 is 0 Å². The summed E-state index contributed by atoms with van der Waals surface area (Å²) in [7, 11) is -3.01. The molecule has 98 valence electrons. The molecule has 1 aliphatic heterocycles. The van der Waals surface area contributed by atoms with Crippen molar-refractivity contribution in [1.29, 1.82) is 0 Å². The Morgan fingerprint density at radius 3 is 2.50 bits per heavy atom. The summed E-state index contributed by atoms with van der Waals surface area (Å²) in [6, 6.07) is 2.70. The van der Waals surface area contributed by atoms with Crippen LogP contribution in [0.5, 0.6) is 0 Å². The van der Waals surface area contributed by atoms with Crippen LogP contribution in [0.4, 0.5) is 0 Å². The third-order valence-electron chi connectivity index (χ3n) is 2.88. The van der Waals surface area contributed by atoms with Crippen molar-refractivity contribution in [1.82, 2.24) is 10.3 Å². The average Bonchev–Trinajstić information content (AvgIpc) is 2.85. The number of sulfone groups is 1. The van der Waals surface area contributed by atoms with Gasteiger partial charge in [-0.25, -0.2) is 8.42 Å². The zero-order valence-corrected chi connectivity index (χ0v) is 10.7. The number of hydrogen-bond acceptors (Lipinski definition) is 4. The molecule has 1 fully saturated rings. The molecule has 2 N–H and O–H groups in total. The van der Waals surface area contributed by atoms with Crippen LogP contribution in [0.25, 0.3) is 0 Å². The van der Waals surface area contributed by atoms with E-state index in [4.69, 9.17) is 0 Å². The minimum atomic E-state index is -3.01. The van der Waals surface area contributed by atoms with Gasteiger partial charge in [0, 0.05) is 13.0 Å². The highest BCUT2D eigenvalue weighted by molar-refractivity contribution is 7.91. The molecule has 0 bridgehead atoms. The van der Waals surface area contributed by atoms with Crippen LogP contribution in [0.3, 0.4) is 0 Å². The Labute approximate surface area is 105 Å². The maximum absolute atomic E-state index is 11.8. The highest BCUT2D eigenvalue weighted by atomic mass is 32.2. The van der Waals surface area contributed by atoms with Gasteiger partial charge in [0.1, 0.15) is 5.69 Å². The second-order valence-electron chi connectivity index (χ2n) is 4.42. The zero-order chi connectivity index (χ0) is 13.3. The summed E-state index contributed by atoms with van der Waals surface area (Å²) in [6.07, 6.45) is 0.439. The maximum Gasteiger partial charge on any atom is 0.267 e. The van der Waals surface area contributed by atoms with E-state index in [0.29, 0.717) is 12.1 Å². The number of amides is 1. The Kier molecular flexibility index (Phi) is 3.25. The van der Waals surface area contributed by atoms with Crippen LogP contribution in [0.15, 0.2) is 12.1 Å². The molecule has 2 rings (SSSR count). The molecular formula is C11H14N2O4S. The van der Waals surface area contributed by atoms with Crippen molar-refractivity contribution in [2.24, 2.45) is 0 Å². The van der Waals surface area contributed by atoms with Crippen LogP contribution < -0.4 is 5.32 Å².